The van der Waals surface area contributed by atoms with Gasteiger partial charge in [-0.25, -0.2) is 0 Å². The van der Waals surface area contributed by atoms with E-state index in [-0.39, 0.29) is 19.1 Å². The Morgan fingerprint density at radius 1 is 1.22 bits per heavy atom. The summed E-state index contributed by atoms with van der Waals surface area (Å²) in [6, 6.07) is 0. The van der Waals surface area contributed by atoms with Gasteiger partial charge < -0.3 is 14.9 Å². The number of ether oxygens (including phenoxy) is 1. The summed E-state index contributed by atoms with van der Waals surface area (Å²) >= 11 is 0. The first-order valence-electron chi connectivity index (χ1n) is 6.85. The molecule has 0 amide bonds. The fourth-order valence-corrected chi connectivity index (χ4v) is 3.19. The fourth-order valence-electron chi connectivity index (χ4n) is 3.19. The van der Waals surface area contributed by atoms with Crippen molar-refractivity contribution in [3.63, 3.8) is 0 Å². The van der Waals surface area contributed by atoms with Crippen LogP contribution in [-0.4, -0.2) is 35.0 Å². The number of allylic oxidation sites excluding steroid dienone is 2. The lowest BCUT2D eigenvalue weighted by molar-refractivity contribution is -0.137. The zero-order chi connectivity index (χ0) is 13.0. The van der Waals surface area contributed by atoms with E-state index < -0.39 is 5.97 Å². The van der Waals surface area contributed by atoms with Crippen molar-refractivity contribution < 1.29 is 19.7 Å². The smallest absolute Gasteiger partial charge is 0.303 e. The molecule has 0 saturated carbocycles. The summed E-state index contributed by atoms with van der Waals surface area (Å²) in [5.41, 5.74) is 0. The predicted molar refractivity (Wildman–Crippen MR) is 67.2 cm³/mol. The molecule has 2 aliphatic rings. The summed E-state index contributed by atoms with van der Waals surface area (Å²) in [6.45, 7) is 0.221. The van der Waals surface area contributed by atoms with Gasteiger partial charge >= 0.3 is 5.97 Å². The predicted octanol–water partition coefficient (Wildman–Crippen LogP) is 1.97. The van der Waals surface area contributed by atoms with Crippen LogP contribution in [0.4, 0.5) is 0 Å². The Balaban J connectivity index is 1.69. The molecule has 18 heavy (non-hydrogen) atoms. The molecule has 0 unspecified atom stereocenters. The van der Waals surface area contributed by atoms with E-state index in [9.17, 15) is 9.90 Å². The maximum absolute atomic E-state index is 10.3. The van der Waals surface area contributed by atoms with Crippen LogP contribution >= 0.6 is 0 Å². The second kappa shape index (κ2) is 6.34. The fraction of sp³-hybridized carbons (Fsp3) is 0.786. The van der Waals surface area contributed by atoms with E-state index in [1.165, 1.54) is 0 Å². The van der Waals surface area contributed by atoms with Crippen molar-refractivity contribution in [3.8, 4) is 0 Å². The largest absolute Gasteiger partial charge is 0.481 e. The number of carbonyl (C=O) groups is 1. The summed E-state index contributed by atoms with van der Waals surface area (Å²) in [5.74, 6) is 0.0159. The van der Waals surface area contributed by atoms with Gasteiger partial charge in [0.25, 0.3) is 0 Å². The van der Waals surface area contributed by atoms with Gasteiger partial charge in [0.15, 0.2) is 0 Å². The third kappa shape index (κ3) is 3.12. The molecule has 2 bridgehead atoms. The molecule has 2 rings (SSSR count). The quantitative estimate of drug-likeness (QED) is 0.538. The highest BCUT2D eigenvalue weighted by Crippen LogP contribution is 2.44. The van der Waals surface area contributed by atoms with Gasteiger partial charge in [-0.05, 0) is 38.0 Å². The topological polar surface area (TPSA) is 66.8 Å². The van der Waals surface area contributed by atoms with Crippen molar-refractivity contribution in [1.29, 1.82) is 0 Å². The van der Waals surface area contributed by atoms with Crippen molar-refractivity contribution >= 4 is 5.97 Å². The van der Waals surface area contributed by atoms with Crippen LogP contribution in [0.2, 0.25) is 0 Å². The lowest BCUT2D eigenvalue weighted by Crippen LogP contribution is -2.29. The highest BCUT2D eigenvalue weighted by molar-refractivity contribution is 5.66. The van der Waals surface area contributed by atoms with Crippen molar-refractivity contribution in [3.05, 3.63) is 12.2 Å². The van der Waals surface area contributed by atoms with Gasteiger partial charge in [0, 0.05) is 18.9 Å². The summed E-state index contributed by atoms with van der Waals surface area (Å²) in [7, 11) is 0. The van der Waals surface area contributed by atoms with Crippen molar-refractivity contribution in [1.82, 2.24) is 0 Å². The second-order valence-electron chi connectivity index (χ2n) is 5.29. The second-order valence-corrected chi connectivity index (χ2v) is 5.29. The van der Waals surface area contributed by atoms with Crippen LogP contribution in [0.5, 0.6) is 0 Å². The highest BCUT2D eigenvalue weighted by atomic mass is 16.5. The van der Waals surface area contributed by atoms with Crippen LogP contribution in [0.15, 0.2) is 12.2 Å². The third-order valence-electron chi connectivity index (χ3n) is 4.14. The van der Waals surface area contributed by atoms with E-state index in [0.717, 1.165) is 25.7 Å². The van der Waals surface area contributed by atoms with E-state index in [1.807, 2.05) is 0 Å². The van der Waals surface area contributed by atoms with Crippen molar-refractivity contribution in [2.45, 2.75) is 50.7 Å². The minimum absolute atomic E-state index is 0.221. The van der Waals surface area contributed by atoms with Gasteiger partial charge in [0.1, 0.15) is 0 Å². The normalized spacial score (nSPS) is 34.5. The van der Waals surface area contributed by atoms with Gasteiger partial charge in [-0.1, -0.05) is 12.2 Å². The van der Waals surface area contributed by atoms with E-state index in [0.29, 0.717) is 24.4 Å². The van der Waals surface area contributed by atoms with Gasteiger partial charge in [0.05, 0.1) is 12.2 Å². The Morgan fingerprint density at radius 3 is 2.61 bits per heavy atom. The van der Waals surface area contributed by atoms with Crippen LogP contribution in [0.3, 0.4) is 0 Å². The SMILES string of the molecule is O=C(O)CCCC=CC[C@H]1[C@@H](CO)[C@H]2CC[C@@H]1O2. The summed E-state index contributed by atoms with van der Waals surface area (Å²) in [4.78, 5) is 10.3. The molecule has 0 aromatic heterocycles. The number of fused-ring (bicyclic) bond motifs is 2. The van der Waals surface area contributed by atoms with Crippen LogP contribution in [0.1, 0.15) is 38.5 Å². The van der Waals surface area contributed by atoms with E-state index >= 15 is 0 Å². The monoisotopic (exact) mass is 254 g/mol. The van der Waals surface area contributed by atoms with Gasteiger partial charge in [0.2, 0.25) is 0 Å². The molecule has 0 radical (unpaired) electrons. The lowest BCUT2D eigenvalue weighted by Gasteiger charge is -2.25. The molecule has 2 saturated heterocycles. The standard InChI is InChI=1S/C14H22O4/c15-9-11-10(12-7-8-13(11)18-12)5-3-1-2-4-6-14(16)17/h1,3,10-13,15H,2,4-9H2,(H,16,17)/t10-,11+,12-,13+/m0/s1. The molecule has 2 aliphatic heterocycles. The van der Waals surface area contributed by atoms with Gasteiger partial charge in [-0.3, -0.25) is 4.79 Å². The Hall–Kier alpha value is -0.870. The van der Waals surface area contributed by atoms with Crippen molar-refractivity contribution in [2.75, 3.05) is 6.61 Å². The van der Waals surface area contributed by atoms with Crippen LogP contribution < -0.4 is 0 Å². The molecular weight excluding hydrogens is 232 g/mol. The molecule has 102 valence electrons. The molecule has 2 fully saturated rings. The number of hydrogen-bond donors (Lipinski definition) is 2. The van der Waals surface area contributed by atoms with E-state index in [2.05, 4.69) is 12.2 Å². The molecule has 0 aromatic carbocycles. The van der Waals surface area contributed by atoms with E-state index in [4.69, 9.17) is 9.84 Å². The zero-order valence-electron chi connectivity index (χ0n) is 10.6. The molecule has 0 spiro atoms. The minimum atomic E-state index is -0.731. The number of aliphatic carboxylic acids is 1. The minimum Gasteiger partial charge on any atom is -0.481 e. The Kier molecular flexibility index (Phi) is 4.78. The summed E-state index contributed by atoms with van der Waals surface area (Å²) < 4.78 is 5.83. The first kappa shape index (κ1) is 13.6. The molecule has 2 heterocycles. The van der Waals surface area contributed by atoms with Crippen LogP contribution in [0, 0.1) is 11.8 Å². The number of hydrogen-bond acceptors (Lipinski definition) is 3. The lowest BCUT2D eigenvalue weighted by atomic mass is 9.78. The van der Waals surface area contributed by atoms with Gasteiger partial charge in [-0.2, -0.15) is 0 Å². The number of unbranched alkanes of at least 4 members (excludes halogenated alkanes) is 1. The number of aliphatic hydroxyl groups excluding tert-OH is 1. The van der Waals surface area contributed by atoms with Crippen LogP contribution in [-0.2, 0) is 9.53 Å². The first-order chi connectivity index (χ1) is 8.72. The maximum atomic E-state index is 10.3. The van der Waals surface area contributed by atoms with Crippen molar-refractivity contribution in [2.24, 2.45) is 11.8 Å². The Bertz CT molecular complexity index is 313. The Labute approximate surface area is 108 Å². The molecule has 0 aliphatic carbocycles. The van der Waals surface area contributed by atoms with Crippen LogP contribution in [0.25, 0.3) is 0 Å². The number of carboxylic acid groups (broad SMARTS) is 1. The molecular formula is C14H22O4. The number of carboxylic acids is 1. The summed E-state index contributed by atoms with van der Waals surface area (Å²) in [5, 5.41) is 17.9. The molecule has 4 heteroatoms. The average Bonchev–Trinajstić information content (AvgIpc) is 2.93. The van der Waals surface area contributed by atoms with Gasteiger partial charge in [-0.15, -0.1) is 0 Å². The molecule has 2 N–H and O–H groups in total. The molecule has 4 nitrogen and oxygen atoms in total. The third-order valence-corrected chi connectivity index (χ3v) is 4.14. The zero-order valence-corrected chi connectivity index (χ0v) is 10.6. The number of aliphatic hydroxyl groups is 1. The highest BCUT2D eigenvalue weighted by Gasteiger charge is 2.47. The number of rotatable bonds is 7. The molecule has 0 aromatic rings. The average molecular weight is 254 g/mol. The maximum Gasteiger partial charge on any atom is 0.303 e. The first-order valence-corrected chi connectivity index (χ1v) is 6.85. The van der Waals surface area contributed by atoms with E-state index in [1.54, 1.807) is 0 Å². The molecule has 4 atom stereocenters. The summed E-state index contributed by atoms with van der Waals surface area (Å²) in [6.07, 6.45) is 9.69. The Morgan fingerprint density at radius 2 is 1.94 bits per heavy atom.